The first kappa shape index (κ1) is 23.8. The second-order valence-corrected chi connectivity index (χ2v) is 10.3. The summed E-state index contributed by atoms with van der Waals surface area (Å²) in [5.41, 5.74) is 3.96. The summed E-state index contributed by atoms with van der Waals surface area (Å²) in [5, 5.41) is 15.0. The fourth-order valence-corrected chi connectivity index (χ4v) is 5.14. The van der Waals surface area contributed by atoms with E-state index < -0.39 is 29.4 Å². The molecule has 34 heavy (non-hydrogen) atoms. The summed E-state index contributed by atoms with van der Waals surface area (Å²) >= 11 is 0. The lowest BCUT2D eigenvalue weighted by atomic mass is 9.86. The Labute approximate surface area is 199 Å². The molecule has 180 valence electrons. The Hall–Kier alpha value is -3.35. The van der Waals surface area contributed by atoms with Crippen LogP contribution in [0.2, 0.25) is 0 Å². The lowest BCUT2D eigenvalue weighted by molar-refractivity contribution is -0.145. The van der Waals surface area contributed by atoms with E-state index in [-0.39, 0.29) is 24.5 Å². The Morgan fingerprint density at radius 1 is 1.00 bits per heavy atom. The predicted molar refractivity (Wildman–Crippen MR) is 128 cm³/mol. The number of rotatable bonds is 6. The Balaban J connectivity index is 1.38. The molecule has 1 saturated carbocycles. The van der Waals surface area contributed by atoms with Crippen LogP contribution in [0.15, 0.2) is 48.5 Å². The molecule has 7 nitrogen and oxygen atoms in total. The number of hydrogen-bond donors (Lipinski definition) is 3. The van der Waals surface area contributed by atoms with E-state index in [9.17, 15) is 19.5 Å². The van der Waals surface area contributed by atoms with Crippen molar-refractivity contribution >= 4 is 18.0 Å². The Morgan fingerprint density at radius 2 is 1.59 bits per heavy atom. The van der Waals surface area contributed by atoms with Crippen molar-refractivity contribution < 1.29 is 24.2 Å². The highest BCUT2D eigenvalue weighted by Crippen LogP contribution is 2.44. The van der Waals surface area contributed by atoms with E-state index in [1.165, 1.54) is 0 Å². The minimum absolute atomic E-state index is 0.0380. The van der Waals surface area contributed by atoms with E-state index >= 15 is 0 Å². The van der Waals surface area contributed by atoms with Crippen LogP contribution in [-0.2, 0) is 14.3 Å². The van der Waals surface area contributed by atoms with Gasteiger partial charge in [-0.15, -0.1) is 0 Å². The first-order valence-corrected chi connectivity index (χ1v) is 11.8. The molecular weight excluding hydrogens is 432 g/mol. The Bertz CT molecular complexity index is 1040. The van der Waals surface area contributed by atoms with Crippen molar-refractivity contribution in [3.8, 4) is 11.1 Å². The number of carbonyl (C=O) groups is 3. The van der Waals surface area contributed by atoms with Gasteiger partial charge in [0.05, 0.1) is 5.92 Å². The number of aliphatic carboxylic acids is 1. The van der Waals surface area contributed by atoms with E-state index in [1.807, 2.05) is 24.3 Å². The number of carboxylic acids is 1. The van der Waals surface area contributed by atoms with Gasteiger partial charge in [-0.1, -0.05) is 75.7 Å². The van der Waals surface area contributed by atoms with Gasteiger partial charge >= 0.3 is 12.1 Å². The third kappa shape index (κ3) is 4.79. The van der Waals surface area contributed by atoms with Gasteiger partial charge < -0.3 is 20.5 Å². The summed E-state index contributed by atoms with van der Waals surface area (Å²) in [6.45, 7) is 5.52. The van der Waals surface area contributed by atoms with Crippen LogP contribution in [0.1, 0.15) is 57.1 Å². The molecule has 0 radical (unpaired) electrons. The van der Waals surface area contributed by atoms with Crippen LogP contribution >= 0.6 is 0 Å². The zero-order chi connectivity index (χ0) is 24.5. The first-order valence-electron chi connectivity index (χ1n) is 11.8. The molecule has 0 bridgehead atoms. The summed E-state index contributed by atoms with van der Waals surface area (Å²) in [7, 11) is 0. The van der Waals surface area contributed by atoms with Crippen molar-refractivity contribution in [1.29, 1.82) is 0 Å². The van der Waals surface area contributed by atoms with E-state index in [0.717, 1.165) is 28.7 Å². The lowest BCUT2D eigenvalue weighted by Gasteiger charge is -2.30. The smallest absolute Gasteiger partial charge is 0.407 e. The highest BCUT2D eigenvalue weighted by Gasteiger charge is 2.39. The topological polar surface area (TPSA) is 105 Å². The molecular formula is C27H32N2O5. The summed E-state index contributed by atoms with van der Waals surface area (Å²) in [6, 6.07) is 14.9. The highest BCUT2D eigenvalue weighted by atomic mass is 16.5. The molecule has 0 aliphatic heterocycles. The van der Waals surface area contributed by atoms with Crippen molar-refractivity contribution in [2.45, 2.75) is 58.0 Å². The van der Waals surface area contributed by atoms with Gasteiger partial charge in [-0.2, -0.15) is 0 Å². The van der Waals surface area contributed by atoms with Gasteiger partial charge in [-0.25, -0.2) is 9.59 Å². The standard InChI is InChI=1S/C27H32N2O5/c1-27(2,3)23(25(31)32)29-24(30)20-13-8-14-22(20)28-26(33)34-15-21-18-11-6-4-9-16(18)17-10-5-7-12-19(17)21/h4-7,9-12,20-23H,8,13-15H2,1-3H3,(H,28,33)(H,29,30)(H,31,32)/t20?,22?,23-/m0/s1. The van der Waals surface area contributed by atoms with Crippen LogP contribution in [0, 0.1) is 11.3 Å². The van der Waals surface area contributed by atoms with Crippen molar-refractivity contribution in [2.24, 2.45) is 11.3 Å². The van der Waals surface area contributed by atoms with Gasteiger partial charge in [-0.3, -0.25) is 4.79 Å². The number of nitrogens with one attached hydrogen (secondary N) is 2. The number of carboxylic acid groups (broad SMARTS) is 1. The number of ether oxygens (including phenoxy) is 1. The lowest BCUT2D eigenvalue weighted by Crippen LogP contribution is -2.53. The monoisotopic (exact) mass is 464 g/mol. The molecule has 7 heteroatoms. The largest absolute Gasteiger partial charge is 0.480 e. The van der Waals surface area contributed by atoms with Gasteiger partial charge in [0, 0.05) is 12.0 Å². The maximum absolute atomic E-state index is 12.9. The molecule has 2 aliphatic carbocycles. The van der Waals surface area contributed by atoms with E-state index in [4.69, 9.17) is 4.74 Å². The highest BCUT2D eigenvalue weighted by molar-refractivity contribution is 5.86. The molecule has 2 unspecified atom stereocenters. The molecule has 2 aromatic carbocycles. The number of alkyl carbamates (subject to hydrolysis) is 1. The molecule has 2 amide bonds. The van der Waals surface area contributed by atoms with Crippen molar-refractivity contribution in [3.63, 3.8) is 0 Å². The zero-order valence-corrected chi connectivity index (χ0v) is 19.8. The third-order valence-corrected chi connectivity index (χ3v) is 6.90. The summed E-state index contributed by atoms with van der Waals surface area (Å²) in [6.07, 6.45) is 1.46. The second kappa shape index (κ2) is 9.49. The van der Waals surface area contributed by atoms with Gasteiger partial charge in [-0.05, 0) is 40.5 Å². The first-order chi connectivity index (χ1) is 16.2. The van der Waals surface area contributed by atoms with Crippen LogP contribution < -0.4 is 10.6 Å². The molecule has 3 N–H and O–H groups in total. The number of carbonyl (C=O) groups excluding carboxylic acids is 2. The molecule has 0 aromatic heterocycles. The maximum atomic E-state index is 12.9. The minimum Gasteiger partial charge on any atom is -0.480 e. The fourth-order valence-electron chi connectivity index (χ4n) is 5.14. The molecule has 1 fully saturated rings. The summed E-state index contributed by atoms with van der Waals surface area (Å²) in [4.78, 5) is 37.2. The van der Waals surface area contributed by atoms with Crippen molar-refractivity contribution in [2.75, 3.05) is 6.61 Å². The number of benzene rings is 2. The van der Waals surface area contributed by atoms with Crippen LogP contribution in [0.4, 0.5) is 4.79 Å². The minimum atomic E-state index is -1.07. The normalized spacial score (nSPS) is 20.2. The number of amides is 2. The van der Waals surface area contributed by atoms with Gasteiger partial charge in [0.25, 0.3) is 0 Å². The Kier molecular flexibility index (Phi) is 6.64. The molecule has 3 atom stereocenters. The quantitative estimate of drug-likeness (QED) is 0.591. The average molecular weight is 465 g/mol. The molecule has 4 rings (SSSR count). The molecule has 0 spiro atoms. The van der Waals surface area contributed by atoms with Crippen LogP contribution in [0.3, 0.4) is 0 Å². The third-order valence-electron chi connectivity index (χ3n) is 6.90. The molecule has 0 heterocycles. The van der Waals surface area contributed by atoms with E-state index in [1.54, 1.807) is 20.8 Å². The SMILES string of the molecule is CC(C)(C)[C@@H](NC(=O)C1CCCC1NC(=O)OCC1c2ccccc2-c2ccccc21)C(=O)O. The summed E-state index contributed by atoms with van der Waals surface area (Å²) in [5.74, 6) is -1.93. The molecule has 0 saturated heterocycles. The van der Waals surface area contributed by atoms with Crippen LogP contribution in [-0.4, -0.2) is 41.8 Å². The van der Waals surface area contributed by atoms with Gasteiger partial charge in [0.1, 0.15) is 12.6 Å². The molecule has 2 aliphatic rings. The fraction of sp³-hybridized carbons (Fsp3) is 0.444. The number of fused-ring (bicyclic) bond motifs is 3. The van der Waals surface area contributed by atoms with Crippen molar-refractivity contribution in [3.05, 3.63) is 59.7 Å². The van der Waals surface area contributed by atoms with Gasteiger partial charge in [0.15, 0.2) is 0 Å². The summed E-state index contributed by atoms with van der Waals surface area (Å²) < 4.78 is 5.63. The Morgan fingerprint density at radius 3 is 2.15 bits per heavy atom. The van der Waals surface area contributed by atoms with Crippen molar-refractivity contribution in [1.82, 2.24) is 10.6 Å². The predicted octanol–water partition coefficient (Wildman–Crippen LogP) is 4.31. The number of hydrogen-bond acceptors (Lipinski definition) is 4. The van der Waals surface area contributed by atoms with Crippen LogP contribution in [0.5, 0.6) is 0 Å². The maximum Gasteiger partial charge on any atom is 0.407 e. The zero-order valence-electron chi connectivity index (χ0n) is 19.8. The van der Waals surface area contributed by atoms with Crippen LogP contribution in [0.25, 0.3) is 11.1 Å². The van der Waals surface area contributed by atoms with E-state index in [2.05, 4.69) is 34.9 Å². The molecule has 2 aromatic rings. The van der Waals surface area contributed by atoms with E-state index in [0.29, 0.717) is 12.8 Å². The second-order valence-electron chi connectivity index (χ2n) is 10.3. The van der Waals surface area contributed by atoms with Gasteiger partial charge in [0.2, 0.25) is 5.91 Å². The average Bonchev–Trinajstić information content (AvgIpc) is 3.37.